The van der Waals surface area contributed by atoms with Gasteiger partial charge in [0.05, 0.1) is 56.3 Å². The molecule has 426 valence electrons. The van der Waals surface area contributed by atoms with E-state index in [1.54, 1.807) is 35.0 Å². The number of nitrogens with zero attached hydrogens (tertiary/aromatic N) is 3. The van der Waals surface area contributed by atoms with Crippen LogP contribution < -0.4 is 15.8 Å². The van der Waals surface area contributed by atoms with Crippen LogP contribution in [0.1, 0.15) is 106 Å². The summed E-state index contributed by atoms with van der Waals surface area (Å²) in [5.74, 6) is -1.73. The Bertz CT molecular complexity index is 2040. The minimum atomic E-state index is -1.60. The van der Waals surface area contributed by atoms with Gasteiger partial charge >= 0.3 is 12.1 Å². The van der Waals surface area contributed by atoms with Crippen molar-refractivity contribution in [3.63, 3.8) is 0 Å². The molecule has 0 spiro atoms. The largest absolute Gasteiger partial charge is 0.496 e. The zero-order valence-electron chi connectivity index (χ0n) is 47.8. The molecule has 5 N–H and O–H groups in total. The van der Waals surface area contributed by atoms with E-state index >= 15 is 0 Å². The number of rotatable bonds is 18. The number of cyclic esters (lactones) is 1. The number of methoxy groups -OCH3 is 2. The van der Waals surface area contributed by atoms with Gasteiger partial charge in [-0.25, -0.2) is 4.79 Å². The predicted molar refractivity (Wildman–Crippen MR) is 287 cm³/mol. The summed E-state index contributed by atoms with van der Waals surface area (Å²) >= 11 is 0. The van der Waals surface area contributed by atoms with E-state index in [9.17, 15) is 19.8 Å². The number of nitrogens with one attached hydrogen (secondary N) is 1. The van der Waals surface area contributed by atoms with Crippen LogP contribution in [0.2, 0.25) is 0 Å². The van der Waals surface area contributed by atoms with Gasteiger partial charge < -0.3 is 73.7 Å². The predicted octanol–water partition coefficient (Wildman–Crippen LogP) is 6.00. The molecular formula is C57H95N5O13. The normalized spacial score (nSPS) is 36.3. The standard InChI is InChI=1S/C57H95N5O13/c1-16-62(40(7)44-24-20-21-25-46(44)67-14)27-26-59-55(65)75-52-41(8)71-47(30-57(52,10)68-15)73-50-38(5)51(74-54-49(63)45(60(11)12)28-37(4)70-54)56(9,66)29-35(2)48(58)36(3)31-61(13)32-43(72-53(64)39(50)6)34-69-33-42-22-18-17-19-23-42/h17-25,35-41,43,45,47-52,54,63,66H,16,26-34,58H2,1-15H3,(H,59,65)/t35-,36-,37-,38+,39-,40+,41+,43-,45+,47+,48+,49-,50+,51-,52+,54+,56-,57-/m1/s1. The highest BCUT2D eigenvalue weighted by Gasteiger charge is 2.53. The molecule has 3 aliphatic rings. The average molecular weight is 1060 g/mol. The summed E-state index contributed by atoms with van der Waals surface area (Å²) < 4.78 is 57.5. The van der Waals surface area contributed by atoms with Gasteiger partial charge in [-0.2, -0.15) is 0 Å². The van der Waals surface area contributed by atoms with E-state index in [2.05, 4.69) is 35.9 Å². The monoisotopic (exact) mass is 1060 g/mol. The smallest absolute Gasteiger partial charge is 0.407 e. The molecule has 3 aliphatic heterocycles. The molecule has 0 aliphatic carbocycles. The van der Waals surface area contributed by atoms with Crippen molar-refractivity contribution in [2.75, 3.05) is 74.7 Å². The van der Waals surface area contributed by atoms with Crippen molar-refractivity contribution in [1.82, 2.24) is 20.0 Å². The number of aliphatic hydroxyl groups excluding tert-OH is 1. The molecule has 5 rings (SSSR count). The summed E-state index contributed by atoms with van der Waals surface area (Å²) in [6.45, 7) is 22.2. The molecule has 2 aromatic carbocycles. The second kappa shape index (κ2) is 28.4. The lowest BCUT2D eigenvalue weighted by atomic mass is 9.75. The fourth-order valence-electron chi connectivity index (χ4n) is 11.7. The number of nitrogens with two attached hydrogens (primary N) is 1. The molecule has 0 unspecified atom stereocenters. The first-order chi connectivity index (χ1) is 35.4. The quantitative estimate of drug-likeness (QED) is 0.127. The number of ether oxygens (including phenoxy) is 9. The Labute approximate surface area is 448 Å². The number of aliphatic hydroxyl groups is 2. The van der Waals surface area contributed by atoms with E-state index in [1.807, 2.05) is 108 Å². The third-order valence-electron chi connectivity index (χ3n) is 16.1. The molecule has 3 fully saturated rings. The summed E-state index contributed by atoms with van der Waals surface area (Å²) in [6, 6.07) is 17.1. The molecule has 0 bridgehead atoms. The van der Waals surface area contributed by atoms with Gasteiger partial charge in [0.2, 0.25) is 0 Å². The van der Waals surface area contributed by atoms with E-state index in [-0.39, 0.29) is 55.5 Å². The van der Waals surface area contributed by atoms with Crippen LogP contribution in [0.4, 0.5) is 4.79 Å². The van der Waals surface area contributed by atoms with Crippen molar-refractivity contribution < 1.29 is 62.4 Å². The number of alkyl carbamates (subject to hydrolysis) is 1. The molecule has 18 nitrogen and oxygen atoms in total. The maximum absolute atomic E-state index is 14.8. The third-order valence-corrected chi connectivity index (χ3v) is 16.1. The first kappa shape index (κ1) is 62.3. The zero-order chi connectivity index (χ0) is 55.4. The summed E-state index contributed by atoms with van der Waals surface area (Å²) in [4.78, 5) is 34.7. The molecule has 1 amide bonds. The number of amides is 1. The highest BCUT2D eigenvalue weighted by Crippen LogP contribution is 2.41. The Morgan fingerprint density at radius 1 is 0.947 bits per heavy atom. The Morgan fingerprint density at radius 3 is 2.28 bits per heavy atom. The van der Waals surface area contributed by atoms with E-state index in [1.165, 1.54) is 0 Å². The Hall–Kier alpha value is -3.50. The summed E-state index contributed by atoms with van der Waals surface area (Å²) in [7, 11) is 8.99. The van der Waals surface area contributed by atoms with Crippen LogP contribution >= 0.6 is 0 Å². The first-order valence-corrected chi connectivity index (χ1v) is 27.2. The van der Waals surface area contributed by atoms with Crippen molar-refractivity contribution >= 4 is 12.1 Å². The van der Waals surface area contributed by atoms with Crippen molar-refractivity contribution in [1.29, 1.82) is 0 Å². The van der Waals surface area contributed by atoms with Gasteiger partial charge in [-0.15, -0.1) is 0 Å². The van der Waals surface area contributed by atoms with Crippen molar-refractivity contribution in [2.45, 2.75) is 180 Å². The second-order valence-corrected chi connectivity index (χ2v) is 22.5. The van der Waals surface area contributed by atoms with Crippen LogP contribution in [0.5, 0.6) is 5.75 Å². The minimum absolute atomic E-state index is 0.0193. The minimum Gasteiger partial charge on any atom is -0.496 e. The van der Waals surface area contributed by atoms with Crippen LogP contribution in [0, 0.1) is 23.7 Å². The molecule has 0 radical (unpaired) electrons. The Kier molecular flexibility index (Phi) is 23.6. The lowest BCUT2D eigenvalue weighted by Crippen LogP contribution is -2.61. The number of hydrogen-bond donors (Lipinski definition) is 4. The number of hydrogen-bond acceptors (Lipinski definition) is 17. The fraction of sp³-hybridized carbons (Fsp3) is 0.754. The Balaban J connectivity index is 1.44. The summed E-state index contributed by atoms with van der Waals surface area (Å²) in [5, 5.41) is 27.7. The lowest BCUT2D eigenvalue weighted by molar-refractivity contribution is -0.317. The maximum atomic E-state index is 14.8. The molecule has 3 saturated heterocycles. The van der Waals surface area contributed by atoms with Crippen LogP contribution in [0.3, 0.4) is 0 Å². The number of para-hydroxylation sites is 1. The van der Waals surface area contributed by atoms with Gasteiger partial charge in [-0.1, -0.05) is 76.2 Å². The van der Waals surface area contributed by atoms with Gasteiger partial charge in [0.15, 0.2) is 18.7 Å². The number of benzene rings is 2. The number of carbonyl (C=O) groups is 2. The van der Waals surface area contributed by atoms with Crippen LogP contribution in [0.25, 0.3) is 0 Å². The molecule has 3 heterocycles. The molecule has 0 aromatic heterocycles. The third kappa shape index (κ3) is 16.8. The SMILES string of the molecule is CCN(CCNC(=O)O[C@H]1[C@H](C)O[C@@H](O[C@H]2[C@H](C)[C@@H](O[C@@H]3O[C@H](C)C[C@H](N(C)C)[C@H]3O)[C@](C)(O)C[C@@H](C)[C@H](N)[C@H](C)CN(C)C[C@H](COCc3ccccc3)OC(=O)[C@@H]2C)C[C@@]1(C)OC)[C@@H](C)c1ccccc1OC. The van der Waals surface area contributed by atoms with Crippen molar-refractivity contribution in [2.24, 2.45) is 29.4 Å². The summed E-state index contributed by atoms with van der Waals surface area (Å²) in [6.07, 6.45) is -7.65. The van der Waals surface area contributed by atoms with Crippen LogP contribution in [-0.2, 0) is 49.3 Å². The van der Waals surface area contributed by atoms with Gasteiger partial charge in [0.1, 0.15) is 23.6 Å². The number of carbonyl (C=O) groups excluding carboxylic acids is 2. The maximum Gasteiger partial charge on any atom is 0.407 e. The Morgan fingerprint density at radius 2 is 1.63 bits per heavy atom. The number of likely N-dealkylation sites (N-methyl/N-ethyl adjacent to an activating group) is 3. The van der Waals surface area contributed by atoms with Crippen LogP contribution in [0.15, 0.2) is 54.6 Å². The van der Waals surface area contributed by atoms with Crippen molar-refractivity contribution in [3.8, 4) is 5.75 Å². The van der Waals surface area contributed by atoms with E-state index < -0.39 is 84.3 Å². The van der Waals surface area contributed by atoms with Gasteiger partial charge in [0.25, 0.3) is 0 Å². The topological polar surface area (TPSA) is 205 Å². The molecule has 2 aromatic rings. The van der Waals surface area contributed by atoms with Crippen molar-refractivity contribution in [3.05, 3.63) is 65.7 Å². The zero-order valence-corrected chi connectivity index (χ0v) is 47.8. The molecule has 18 atom stereocenters. The molecular weight excluding hydrogens is 963 g/mol. The van der Waals surface area contributed by atoms with E-state index in [0.29, 0.717) is 39.2 Å². The molecule has 0 saturated carbocycles. The van der Waals surface area contributed by atoms with Gasteiger partial charge in [-0.05, 0) is 106 Å². The van der Waals surface area contributed by atoms with Crippen LogP contribution in [-0.4, -0.2) is 190 Å². The summed E-state index contributed by atoms with van der Waals surface area (Å²) in [5.41, 5.74) is 6.36. The van der Waals surface area contributed by atoms with Gasteiger partial charge in [0, 0.05) is 69.3 Å². The lowest BCUT2D eigenvalue weighted by Gasteiger charge is -2.49. The highest BCUT2D eigenvalue weighted by molar-refractivity contribution is 5.73. The highest BCUT2D eigenvalue weighted by atomic mass is 16.7. The van der Waals surface area contributed by atoms with E-state index in [4.69, 9.17) is 48.4 Å². The van der Waals surface area contributed by atoms with E-state index in [0.717, 1.165) is 23.4 Å². The first-order valence-electron chi connectivity index (χ1n) is 27.2. The average Bonchev–Trinajstić information content (AvgIpc) is 3.36. The molecule has 18 heteroatoms. The molecule has 75 heavy (non-hydrogen) atoms. The number of esters is 1. The van der Waals surface area contributed by atoms with Gasteiger partial charge in [-0.3, -0.25) is 9.69 Å². The second-order valence-electron chi connectivity index (χ2n) is 22.5. The fourth-order valence-corrected chi connectivity index (χ4v) is 11.7.